The molecule has 4 aliphatic carbocycles. The fraction of sp³-hybridized carbons (Fsp3) is 0.550. The number of thiophene rings is 1. The van der Waals surface area contributed by atoms with Crippen LogP contribution in [0.3, 0.4) is 0 Å². The van der Waals surface area contributed by atoms with Crippen LogP contribution in [0.4, 0.5) is 0 Å². The van der Waals surface area contributed by atoms with Crippen molar-refractivity contribution in [3.05, 3.63) is 97.7 Å². The van der Waals surface area contributed by atoms with Crippen LogP contribution in [0.2, 0.25) is 0 Å². The molecule has 2 heteroatoms. The van der Waals surface area contributed by atoms with Gasteiger partial charge in [-0.05, 0) is 94.6 Å². The van der Waals surface area contributed by atoms with E-state index in [1.54, 1.807) is 20.9 Å². The molecular formula is C40H56OS. The second kappa shape index (κ2) is 12.8. The maximum Gasteiger partial charge on any atom is 0.0522 e. The van der Waals surface area contributed by atoms with Crippen LogP contribution in [0.15, 0.2) is 60.2 Å². The minimum atomic E-state index is -0.129. The van der Waals surface area contributed by atoms with Crippen LogP contribution in [0.1, 0.15) is 150 Å². The number of hydrogen-bond donors (Lipinski definition) is 1. The molecular weight excluding hydrogens is 529 g/mol. The fourth-order valence-corrected chi connectivity index (χ4v) is 7.74. The van der Waals surface area contributed by atoms with Gasteiger partial charge in [0.25, 0.3) is 0 Å². The predicted octanol–water partition coefficient (Wildman–Crippen LogP) is 11.6. The van der Waals surface area contributed by atoms with Gasteiger partial charge in [-0.15, -0.1) is 11.3 Å². The van der Waals surface area contributed by atoms with Crippen molar-refractivity contribution in [2.24, 2.45) is 5.41 Å². The van der Waals surface area contributed by atoms with Crippen molar-refractivity contribution in [1.82, 2.24) is 0 Å². The van der Waals surface area contributed by atoms with E-state index < -0.39 is 0 Å². The highest BCUT2D eigenvalue weighted by atomic mass is 32.1. The molecule has 0 spiro atoms. The molecule has 4 aliphatic rings. The molecule has 0 atom stereocenters. The van der Waals surface area contributed by atoms with Crippen LogP contribution >= 0.6 is 11.3 Å². The van der Waals surface area contributed by atoms with Crippen LogP contribution in [-0.4, -0.2) is 11.7 Å². The standard InChI is InChI=1S/C14H20S.C13H20O.C13H16/c1-14(2,3)12-8-11-9-4-6-10(7-5-9)13(11)15-12;1-10(2)11-5-7-12(8-6-11)13(3,4)9-14;1-13(2,3)12-8-10-6-4-5-7-11(10)9-12/h8-10H,4-7H2,1-3H3;5-8,10,14H,9H2,1-4H3;4-8H,9H2,1-3H3. The summed E-state index contributed by atoms with van der Waals surface area (Å²) in [7, 11) is 0. The maximum absolute atomic E-state index is 9.23. The molecule has 1 N–H and O–H groups in total. The van der Waals surface area contributed by atoms with Gasteiger partial charge in [0.1, 0.15) is 0 Å². The fourth-order valence-electron chi connectivity index (χ4n) is 6.27. The van der Waals surface area contributed by atoms with Crippen molar-refractivity contribution in [3.63, 3.8) is 0 Å². The number of rotatable bonds is 3. The lowest BCUT2D eigenvalue weighted by Crippen LogP contribution is -2.21. The molecule has 0 saturated heterocycles. The van der Waals surface area contributed by atoms with Gasteiger partial charge in [0, 0.05) is 15.2 Å². The van der Waals surface area contributed by atoms with Crippen molar-refractivity contribution in [3.8, 4) is 0 Å². The van der Waals surface area contributed by atoms with Gasteiger partial charge < -0.3 is 5.11 Å². The van der Waals surface area contributed by atoms with E-state index >= 15 is 0 Å². The van der Waals surface area contributed by atoms with Gasteiger partial charge in [0.05, 0.1) is 6.61 Å². The first-order chi connectivity index (χ1) is 19.6. The minimum absolute atomic E-state index is 0.129. The third kappa shape index (κ3) is 7.67. The zero-order valence-corrected chi connectivity index (χ0v) is 28.9. The second-order valence-electron chi connectivity index (χ2n) is 15.8. The van der Waals surface area contributed by atoms with Gasteiger partial charge in [0.2, 0.25) is 0 Å². The molecule has 2 bridgehead atoms. The molecule has 1 nitrogen and oxygen atoms in total. The molecule has 1 aromatic heterocycles. The maximum atomic E-state index is 9.23. The van der Waals surface area contributed by atoms with Gasteiger partial charge in [-0.1, -0.05) is 129 Å². The summed E-state index contributed by atoms with van der Waals surface area (Å²) in [4.78, 5) is 3.36. The Morgan fingerprint density at radius 2 is 1.38 bits per heavy atom. The van der Waals surface area contributed by atoms with E-state index in [-0.39, 0.29) is 12.0 Å². The minimum Gasteiger partial charge on any atom is -0.395 e. The summed E-state index contributed by atoms with van der Waals surface area (Å²) in [5, 5.41) is 9.23. The lowest BCUT2D eigenvalue weighted by molar-refractivity contribution is 0.218. The van der Waals surface area contributed by atoms with Gasteiger partial charge in [-0.2, -0.15) is 0 Å². The average molecular weight is 585 g/mol. The van der Waals surface area contributed by atoms with Crippen LogP contribution in [0, 0.1) is 5.41 Å². The topological polar surface area (TPSA) is 20.2 Å². The molecule has 42 heavy (non-hydrogen) atoms. The summed E-state index contributed by atoms with van der Waals surface area (Å²) >= 11 is 2.11. The van der Waals surface area contributed by atoms with E-state index in [0.717, 1.165) is 18.3 Å². The zero-order valence-electron chi connectivity index (χ0n) is 28.1. The molecule has 0 radical (unpaired) electrons. The summed E-state index contributed by atoms with van der Waals surface area (Å²) in [5.41, 5.74) is 9.25. The third-order valence-corrected chi connectivity index (χ3v) is 11.3. The number of benzene rings is 2. The molecule has 3 aromatic rings. The summed E-state index contributed by atoms with van der Waals surface area (Å²) in [5.74, 6) is 2.41. The molecule has 0 unspecified atom stereocenters. The number of aliphatic hydroxyl groups is 1. The Hall–Kier alpha value is -2.16. The monoisotopic (exact) mass is 584 g/mol. The first-order valence-corrected chi connectivity index (χ1v) is 17.1. The van der Waals surface area contributed by atoms with E-state index in [4.69, 9.17) is 0 Å². The van der Waals surface area contributed by atoms with Crippen LogP contribution in [-0.2, 0) is 17.3 Å². The van der Waals surface area contributed by atoms with Crippen molar-refractivity contribution in [2.75, 3.05) is 6.61 Å². The van der Waals surface area contributed by atoms with Crippen molar-refractivity contribution in [1.29, 1.82) is 0 Å². The lowest BCUT2D eigenvalue weighted by Gasteiger charge is -2.35. The molecule has 2 aromatic carbocycles. The van der Waals surface area contributed by atoms with E-state index in [0.29, 0.717) is 16.7 Å². The Morgan fingerprint density at radius 1 is 0.786 bits per heavy atom. The first-order valence-electron chi connectivity index (χ1n) is 16.2. The molecule has 7 rings (SSSR count). The summed E-state index contributed by atoms with van der Waals surface area (Å²) < 4.78 is 0. The molecule has 228 valence electrons. The SMILES string of the molecule is CC(C)(C)C1=Cc2ccccc2C1.CC(C)(C)c1cc2c(s1)C1CCC2CC1.CC(C)c1ccc(C(C)(C)CO)cc1. The molecule has 1 heterocycles. The smallest absolute Gasteiger partial charge is 0.0522 e. The normalized spacial score (nSPS) is 19.3. The Kier molecular flexibility index (Phi) is 10.0. The van der Waals surface area contributed by atoms with E-state index in [2.05, 4.69) is 141 Å². The van der Waals surface area contributed by atoms with Crippen LogP contribution in [0.25, 0.3) is 6.08 Å². The highest BCUT2D eigenvalue weighted by molar-refractivity contribution is 7.12. The summed E-state index contributed by atoms with van der Waals surface area (Å²) in [6.07, 6.45) is 9.31. The number of aliphatic hydroxyl groups excluding tert-OH is 1. The lowest BCUT2D eigenvalue weighted by atomic mass is 9.70. The van der Waals surface area contributed by atoms with Gasteiger partial charge >= 0.3 is 0 Å². The Balaban J connectivity index is 0.000000145. The first kappa shape index (κ1) is 32.7. The highest BCUT2D eigenvalue weighted by Gasteiger charge is 2.36. The Labute approximate surface area is 261 Å². The summed E-state index contributed by atoms with van der Waals surface area (Å²) in [6.45, 7) is 22.5. The van der Waals surface area contributed by atoms with Crippen molar-refractivity contribution in [2.45, 2.75) is 130 Å². The third-order valence-electron chi connectivity index (χ3n) is 9.55. The van der Waals surface area contributed by atoms with Gasteiger partial charge in [0.15, 0.2) is 0 Å². The van der Waals surface area contributed by atoms with Crippen molar-refractivity contribution >= 4 is 17.4 Å². The van der Waals surface area contributed by atoms with Crippen LogP contribution in [0.5, 0.6) is 0 Å². The number of fused-ring (bicyclic) bond motifs is 3. The van der Waals surface area contributed by atoms with Gasteiger partial charge in [-0.3, -0.25) is 0 Å². The van der Waals surface area contributed by atoms with E-state index in [1.165, 1.54) is 47.9 Å². The zero-order chi connectivity index (χ0) is 30.9. The summed E-state index contributed by atoms with van der Waals surface area (Å²) in [6, 6.07) is 19.7. The molecule has 0 aliphatic heterocycles. The van der Waals surface area contributed by atoms with E-state index in [1.807, 2.05) is 0 Å². The number of hydrogen-bond acceptors (Lipinski definition) is 2. The average Bonchev–Trinajstić information content (AvgIpc) is 3.61. The molecule has 1 saturated carbocycles. The largest absolute Gasteiger partial charge is 0.395 e. The second-order valence-corrected chi connectivity index (χ2v) is 16.9. The van der Waals surface area contributed by atoms with Gasteiger partial charge in [-0.25, -0.2) is 0 Å². The van der Waals surface area contributed by atoms with Crippen molar-refractivity contribution < 1.29 is 5.11 Å². The molecule has 0 amide bonds. The Bertz CT molecular complexity index is 1320. The highest BCUT2D eigenvalue weighted by Crippen LogP contribution is 2.53. The Morgan fingerprint density at radius 3 is 1.88 bits per heavy atom. The van der Waals surface area contributed by atoms with E-state index in [9.17, 15) is 5.11 Å². The predicted molar refractivity (Wildman–Crippen MR) is 185 cm³/mol. The molecule has 1 fully saturated rings. The van der Waals surface area contributed by atoms with Crippen LogP contribution < -0.4 is 0 Å². The quantitative estimate of drug-likeness (QED) is 0.325. The number of allylic oxidation sites excluding steroid dienone is 1.